The summed E-state index contributed by atoms with van der Waals surface area (Å²) in [5, 5.41) is 13.0. The Morgan fingerprint density at radius 2 is 1.85 bits per heavy atom. The Hall–Kier alpha value is -2.56. The van der Waals surface area contributed by atoms with Gasteiger partial charge in [-0.15, -0.1) is 0 Å². The van der Waals surface area contributed by atoms with Crippen LogP contribution in [0, 0.1) is 0 Å². The molecule has 4 rings (SSSR count). The zero-order chi connectivity index (χ0) is 17.8. The van der Waals surface area contributed by atoms with E-state index in [-0.39, 0.29) is 0 Å². The number of aromatic nitrogens is 1. The molecular weight excluding hydrogens is 326 g/mol. The average Bonchev–Trinajstić information content (AvgIpc) is 2.71. The highest BCUT2D eigenvalue weighted by atomic mass is 16.5. The Labute approximate surface area is 154 Å². The van der Waals surface area contributed by atoms with Gasteiger partial charge in [0.25, 0.3) is 0 Å². The number of nitrogens with zero attached hydrogens (tertiary/aromatic N) is 3. The van der Waals surface area contributed by atoms with Gasteiger partial charge >= 0.3 is 0 Å². The first kappa shape index (κ1) is 16.9. The van der Waals surface area contributed by atoms with E-state index < -0.39 is 0 Å². The van der Waals surface area contributed by atoms with Gasteiger partial charge in [-0.2, -0.15) is 0 Å². The highest BCUT2D eigenvalue weighted by Crippen LogP contribution is 2.32. The molecule has 0 bridgehead atoms. The first-order chi connectivity index (χ1) is 12.8. The number of fused-ring (bicyclic) bond motifs is 1. The number of likely N-dealkylation sites (tertiary alicyclic amines) is 1. The molecule has 2 heterocycles. The van der Waals surface area contributed by atoms with Crippen LogP contribution >= 0.6 is 0 Å². The Kier molecular flexibility index (Phi) is 5.04. The van der Waals surface area contributed by atoms with Crippen LogP contribution in [0.25, 0.3) is 0 Å². The van der Waals surface area contributed by atoms with Gasteiger partial charge < -0.3 is 14.8 Å². The molecule has 1 aliphatic heterocycles. The molecule has 1 saturated heterocycles. The predicted molar refractivity (Wildman–Crippen MR) is 101 cm³/mol. The van der Waals surface area contributed by atoms with Crippen molar-refractivity contribution in [3.05, 3.63) is 53.2 Å². The molecule has 2 aromatic rings. The van der Waals surface area contributed by atoms with E-state index >= 15 is 0 Å². The lowest BCUT2D eigenvalue weighted by atomic mass is 9.91. The lowest BCUT2D eigenvalue weighted by Gasteiger charge is -2.28. The number of amidine groups is 1. The molecular formula is C21H25N3O2. The number of hydrogen-bond donors (Lipinski definition) is 1. The number of hydrogen-bond acceptors (Lipinski definition) is 4. The van der Waals surface area contributed by atoms with E-state index in [0.29, 0.717) is 11.7 Å². The summed E-state index contributed by atoms with van der Waals surface area (Å²) < 4.78 is 6.06. The summed E-state index contributed by atoms with van der Waals surface area (Å²) in [7, 11) is 0. The van der Waals surface area contributed by atoms with E-state index in [1.807, 2.05) is 18.2 Å². The maximum absolute atomic E-state index is 9.46. The van der Waals surface area contributed by atoms with Crippen LogP contribution in [0.1, 0.15) is 48.8 Å². The number of benzene rings is 1. The number of rotatable bonds is 3. The van der Waals surface area contributed by atoms with Crippen LogP contribution in [0.2, 0.25) is 0 Å². The van der Waals surface area contributed by atoms with Gasteiger partial charge in [0.15, 0.2) is 5.84 Å². The van der Waals surface area contributed by atoms with E-state index in [2.05, 4.69) is 27.2 Å². The fourth-order valence-electron chi connectivity index (χ4n) is 3.94. The smallest absolute Gasteiger partial charge is 0.219 e. The van der Waals surface area contributed by atoms with Gasteiger partial charge in [0.05, 0.1) is 0 Å². The molecule has 2 aliphatic rings. The third-order valence-corrected chi connectivity index (χ3v) is 5.31. The molecule has 0 spiro atoms. The van der Waals surface area contributed by atoms with Crippen LogP contribution in [-0.2, 0) is 12.8 Å². The molecule has 5 heteroatoms. The van der Waals surface area contributed by atoms with Crippen LogP contribution < -0.4 is 4.74 Å². The molecule has 0 saturated carbocycles. The monoisotopic (exact) mass is 351 g/mol. The molecule has 26 heavy (non-hydrogen) atoms. The van der Waals surface area contributed by atoms with E-state index in [9.17, 15) is 5.21 Å². The Morgan fingerprint density at radius 3 is 2.62 bits per heavy atom. The first-order valence-electron chi connectivity index (χ1n) is 9.57. The fourth-order valence-corrected chi connectivity index (χ4v) is 3.94. The van der Waals surface area contributed by atoms with Gasteiger partial charge in [0, 0.05) is 30.9 Å². The normalized spacial score (nSPS) is 17.7. The summed E-state index contributed by atoms with van der Waals surface area (Å²) in [6.45, 7) is 1.85. The summed E-state index contributed by atoms with van der Waals surface area (Å²) in [4.78, 5) is 6.57. The van der Waals surface area contributed by atoms with Gasteiger partial charge in [-0.1, -0.05) is 17.3 Å². The van der Waals surface area contributed by atoms with Crippen molar-refractivity contribution in [2.24, 2.45) is 5.16 Å². The van der Waals surface area contributed by atoms with Crippen LogP contribution in [0.4, 0.5) is 0 Å². The van der Waals surface area contributed by atoms with Crippen molar-refractivity contribution >= 4 is 5.84 Å². The number of piperidine rings is 1. The quantitative estimate of drug-likeness (QED) is 0.386. The summed E-state index contributed by atoms with van der Waals surface area (Å²) in [5.41, 5.74) is 3.53. The van der Waals surface area contributed by atoms with Crippen LogP contribution in [-0.4, -0.2) is 34.0 Å². The summed E-state index contributed by atoms with van der Waals surface area (Å²) in [6, 6.07) is 10.0. The van der Waals surface area contributed by atoms with E-state index in [1.54, 1.807) is 6.20 Å². The third-order valence-electron chi connectivity index (χ3n) is 5.31. The zero-order valence-electron chi connectivity index (χ0n) is 15.0. The number of oxime groups is 1. The van der Waals surface area contributed by atoms with E-state index in [0.717, 1.165) is 50.1 Å². The molecule has 1 fully saturated rings. The topological polar surface area (TPSA) is 58.0 Å². The first-order valence-corrected chi connectivity index (χ1v) is 9.57. The van der Waals surface area contributed by atoms with Crippen molar-refractivity contribution in [1.82, 2.24) is 9.88 Å². The number of aryl methyl sites for hydroxylation is 1. The molecule has 0 atom stereocenters. The Bertz CT molecular complexity index is 780. The molecule has 1 aromatic carbocycles. The summed E-state index contributed by atoms with van der Waals surface area (Å²) in [6.07, 6.45) is 9.90. The van der Waals surface area contributed by atoms with Crippen molar-refractivity contribution in [2.45, 2.75) is 44.9 Å². The van der Waals surface area contributed by atoms with Gasteiger partial charge in [0.2, 0.25) is 5.88 Å². The van der Waals surface area contributed by atoms with Gasteiger partial charge in [0.1, 0.15) is 5.75 Å². The summed E-state index contributed by atoms with van der Waals surface area (Å²) >= 11 is 0. The van der Waals surface area contributed by atoms with Crippen molar-refractivity contribution in [3.63, 3.8) is 0 Å². The van der Waals surface area contributed by atoms with Gasteiger partial charge in [-0.05, 0) is 68.2 Å². The molecule has 1 aromatic heterocycles. The minimum absolute atomic E-state index is 0.573. The minimum Gasteiger partial charge on any atom is -0.439 e. The maximum atomic E-state index is 9.46. The number of pyridine rings is 1. The molecule has 0 unspecified atom stereocenters. The van der Waals surface area contributed by atoms with Gasteiger partial charge in [-0.3, -0.25) is 0 Å². The molecule has 1 N–H and O–H groups in total. The second-order valence-electron chi connectivity index (χ2n) is 7.06. The SMILES string of the molecule is O/N=C(/c1ccc(Oc2cccc3c2CCCC3)nc1)N1CCCCC1. The Balaban J connectivity index is 1.51. The predicted octanol–water partition coefficient (Wildman–Crippen LogP) is 4.37. The van der Waals surface area contributed by atoms with Crippen LogP contribution in [0.5, 0.6) is 11.6 Å². The summed E-state index contributed by atoms with van der Waals surface area (Å²) in [5.74, 6) is 2.08. The third kappa shape index (κ3) is 3.52. The second kappa shape index (κ2) is 7.77. The van der Waals surface area contributed by atoms with Crippen molar-refractivity contribution in [3.8, 4) is 11.6 Å². The zero-order valence-corrected chi connectivity index (χ0v) is 15.0. The van der Waals surface area contributed by atoms with E-state index in [1.165, 1.54) is 30.4 Å². The molecule has 0 radical (unpaired) electrons. The van der Waals surface area contributed by atoms with Crippen molar-refractivity contribution < 1.29 is 9.94 Å². The standard InChI is InChI=1S/C21H25N3O2/c25-23-21(24-13-4-1-5-14-24)17-11-12-20(22-15-17)26-19-10-6-8-16-7-2-3-9-18(16)19/h6,8,10-12,15,25H,1-5,7,9,13-14H2/b23-21-. The average molecular weight is 351 g/mol. The molecule has 5 nitrogen and oxygen atoms in total. The van der Waals surface area contributed by atoms with Crippen LogP contribution in [0.3, 0.4) is 0 Å². The highest BCUT2D eigenvalue weighted by molar-refractivity contribution is 5.98. The number of ether oxygens (including phenoxy) is 1. The fraction of sp³-hybridized carbons (Fsp3) is 0.429. The van der Waals surface area contributed by atoms with Crippen molar-refractivity contribution in [1.29, 1.82) is 0 Å². The molecule has 136 valence electrons. The van der Waals surface area contributed by atoms with E-state index in [4.69, 9.17) is 4.74 Å². The minimum atomic E-state index is 0.573. The highest BCUT2D eigenvalue weighted by Gasteiger charge is 2.18. The maximum Gasteiger partial charge on any atom is 0.219 e. The lowest BCUT2D eigenvalue weighted by Crippen LogP contribution is -2.36. The van der Waals surface area contributed by atoms with Crippen LogP contribution in [0.15, 0.2) is 41.7 Å². The second-order valence-corrected chi connectivity index (χ2v) is 7.06. The van der Waals surface area contributed by atoms with Crippen molar-refractivity contribution in [2.75, 3.05) is 13.1 Å². The van der Waals surface area contributed by atoms with Gasteiger partial charge in [-0.25, -0.2) is 4.98 Å². The molecule has 1 aliphatic carbocycles. The Morgan fingerprint density at radius 1 is 1.00 bits per heavy atom. The lowest BCUT2D eigenvalue weighted by molar-refractivity contribution is 0.286. The largest absolute Gasteiger partial charge is 0.439 e. The molecule has 0 amide bonds.